The average Bonchev–Trinajstić information content (AvgIpc) is 3.49. The van der Waals surface area contributed by atoms with Crippen molar-refractivity contribution >= 4 is 45.0 Å². The molecule has 1 amide bonds. The lowest BCUT2D eigenvalue weighted by Crippen LogP contribution is -2.30. The number of hydrogen-bond donors (Lipinski definition) is 2. The number of amides is 1. The van der Waals surface area contributed by atoms with Crippen molar-refractivity contribution in [1.82, 2.24) is 9.88 Å². The molecular weight excluding hydrogens is 470 g/mol. The van der Waals surface area contributed by atoms with Gasteiger partial charge in [-0.1, -0.05) is 6.07 Å². The molecule has 0 spiro atoms. The number of nitrogens with one attached hydrogen (secondary N) is 2. The molecule has 1 saturated heterocycles. The maximum absolute atomic E-state index is 12.5. The minimum absolute atomic E-state index is 0.123. The maximum Gasteiger partial charge on any atom is 0.231 e. The van der Waals surface area contributed by atoms with Gasteiger partial charge in [0.2, 0.25) is 12.7 Å². The molecule has 6 rings (SSSR count). The van der Waals surface area contributed by atoms with Crippen LogP contribution in [0.15, 0.2) is 30.3 Å². The molecule has 4 aliphatic rings. The largest absolute Gasteiger partial charge is 0.454 e. The Morgan fingerprint density at radius 1 is 1.08 bits per heavy atom. The Kier molecular flexibility index (Phi) is 5.93. The van der Waals surface area contributed by atoms with E-state index >= 15 is 0 Å². The molecule has 1 aliphatic carbocycles. The van der Waals surface area contributed by atoms with Crippen LogP contribution in [0.3, 0.4) is 0 Å². The van der Waals surface area contributed by atoms with E-state index in [2.05, 4.69) is 22.5 Å². The number of ether oxygens (including phenoxy) is 2. The Hall–Kier alpha value is -4.09. The lowest BCUT2D eigenvalue weighted by Gasteiger charge is -2.23. The molecule has 3 heterocycles. The van der Waals surface area contributed by atoms with E-state index < -0.39 is 0 Å². The van der Waals surface area contributed by atoms with Crippen molar-refractivity contribution in [3.63, 3.8) is 0 Å². The van der Waals surface area contributed by atoms with Crippen molar-refractivity contribution in [1.29, 1.82) is 0 Å². The van der Waals surface area contributed by atoms with Gasteiger partial charge in [-0.15, -0.1) is 0 Å². The van der Waals surface area contributed by atoms with E-state index in [1.807, 2.05) is 22.8 Å². The molecule has 1 fully saturated rings. The van der Waals surface area contributed by atoms with Crippen LogP contribution in [0.4, 0.5) is 5.69 Å². The molecule has 8 heteroatoms. The number of anilines is 1. The van der Waals surface area contributed by atoms with Gasteiger partial charge in [0, 0.05) is 40.5 Å². The van der Waals surface area contributed by atoms with Crippen LogP contribution in [0.25, 0.3) is 21.5 Å². The third kappa shape index (κ3) is 3.96. The number of carbonyl (C=O) groups excluding carboxylic acids is 3. The first-order valence-corrected chi connectivity index (χ1v) is 12.7. The molecule has 188 valence electrons. The monoisotopic (exact) mass is 497 g/mol. The molecule has 1 unspecified atom stereocenters. The summed E-state index contributed by atoms with van der Waals surface area (Å²) in [5, 5.41) is 11.4. The van der Waals surface area contributed by atoms with Crippen molar-refractivity contribution in [2.24, 2.45) is 5.92 Å². The fourth-order valence-corrected chi connectivity index (χ4v) is 5.92. The van der Waals surface area contributed by atoms with Crippen molar-refractivity contribution in [3.8, 4) is 11.5 Å². The number of nitrogens with zero attached hydrogens (tertiary/aromatic N) is 1. The Balaban J connectivity index is 1.66. The fraction of sp³-hybridized carbons (Fsp3) is 0.345. The van der Waals surface area contributed by atoms with Gasteiger partial charge < -0.3 is 24.7 Å². The molecule has 0 aromatic heterocycles. The smallest absolute Gasteiger partial charge is 0.231 e. The van der Waals surface area contributed by atoms with E-state index in [9.17, 15) is 14.4 Å². The maximum atomic E-state index is 12.5. The van der Waals surface area contributed by atoms with Crippen LogP contribution in [0.1, 0.15) is 32.6 Å². The molecule has 0 saturated carbocycles. The van der Waals surface area contributed by atoms with Crippen molar-refractivity contribution in [2.75, 3.05) is 25.2 Å². The van der Waals surface area contributed by atoms with Crippen LogP contribution in [-0.2, 0) is 20.9 Å². The molecular formula is C29H27N3O5. The highest BCUT2D eigenvalue weighted by molar-refractivity contribution is 5.98. The molecule has 8 nitrogen and oxygen atoms in total. The van der Waals surface area contributed by atoms with E-state index in [1.54, 1.807) is 12.1 Å². The zero-order valence-corrected chi connectivity index (χ0v) is 20.6. The fourth-order valence-electron chi connectivity index (χ4n) is 5.92. The zero-order valence-electron chi connectivity index (χ0n) is 20.6. The number of hydrogen-bond acceptors (Lipinski definition) is 6. The van der Waals surface area contributed by atoms with Crippen LogP contribution >= 0.6 is 0 Å². The minimum Gasteiger partial charge on any atom is -0.454 e. The van der Waals surface area contributed by atoms with Gasteiger partial charge in [0.1, 0.15) is 11.3 Å². The van der Waals surface area contributed by atoms with Gasteiger partial charge in [-0.05, 0) is 74.3 Å². The van der Waals surface area contributed by atoms with E-state index in [0.29, 0.717) is 51.0 Å². The molecule has 3 aliphatic heterocycles. The second-order valence-electron chi connectivity index (χ2n) is 9.85. The second kappa shape index (κ2) is 9.41. The van der Waals surface area contributed by atoms with Gasteiger partial charge in [-0.25, -0.2) is 9.59 Å². The van der Waals surface area contributed by atoms with Gasteiger partial charge in [-0.3, -0.25) is 4.79 Å². The Morgan fingerprint density at radius 2 is 1.89 bits per heavy atom. The molecule has 2 aromatic rings. The van der Waals surface area contributed by atoms with Gasteiger partial charge in [0.25, 0.3) is 0 Å². The number of rotatable bonds is 5. The van der Waals surface area contributed by atoms with Gasteiger partial charge in [0.15, 0.2) is 17.4 Å². The zero-order chi connectivity index (χ0) is 25.5. The van der Waals surface area contributed by atoms with Crippen molar-refractivity contribution < 1.29 is 23.9 Å². The molecule has 0 bridgehead atoms. The van der Waals surface area contributed by atoms with Crippen LogP contribution < -0.4 is 30.7 Å². The Labute approximate surface area is 212 Å². The van der Waals surface area contributed by atoms with Crippen LogP contribution in [0.2, 0.25) is 0 Å². The number of benzene rings is 2. The van der Waals surface area contributed by atoms with Gasteiger partial charge >= 0.3 is 0 Å². The number of fused-ring (bicyclic) bond motifs is 5. The lowest BCUT2D eigenvalue weighted by molar-refractivity contribution is -0.114. The summed E-state index contributed by atoms with van der Waals surface area (Å²) in [5.74, 6) is 5.92. The van der Waals surface area contributed by atoms with E-state index in [1.165, 1.54) is 19.8 Å². The van der Waals surface area contributed by atoms with Gasteiger partial charge in [-0.2, -0.15) is 0 Å². The van der Waals surface area contributed by atoms with Crippen molar-refractivity contribution in [2.45, 2.75) is 39.2 Å². The topological polar surface area (TPSA) is 98.7 Å². The normalized spacial score (nSPS) is 16.7. The minimum atomic E-state index is -0.207. The Morgan fingerprint density at radius 3 is 2.59 bits per heavy atom. The van der Waals surface area contributed by atoms with E-state index in [4.69, 9.17) is 9.47 Å². The highest BCUT2D eigenvalue weighted by Gasteiger charge is 2.21. The first-order chi connectivity index (χ1) is 18.1. The summed E-state index contributed by atoms with van der Waals surface area (Å²) in [6, 6.07) is 9.08. The predicted octanol–water partition coefficient (Wildman–Crippen LogP) is 1.99. The molecule has 1 atom stereocenters. The molecule has 37 heavy (non-hydrogen) atoms. The summed E-state index contributed by atoms with van der Waals surface area (Å²) >= 11 is 0. The average molecular weight is 498 g/mol. The standard InChI is InChI=1S/C29H27N3O5/c1-17(35)31-19-6-7-20-22(10-19)25(15-34)32(9-3-5-18-4-2-8-30-13-18)29-23-12-27-26(36-16-37-27)11-21(23)24(14-33)28(20)29/h6-7,10-12,18,30H,2-5,8-9,13,16H2,1H3,(H,31,35). The van der Waals surface area contributed by atoms with Crippen molar-refractivity contribution in [3.05, 3.63) is 51.5 Å². The SMILES string of the molecule is CC(=O)Nc1ccc2c3c(=C=O)c4cc5c(cc4c=3n(CCCC3CCCNC3)c(=C=O)c2c1)OCO5. The number of piperidine rings is 1. The highest BCUT2D eigenvalue weighted by Crippen LogP contribution is 2.36. The highest BCUT2D eigenvalue weighted by atomic mass is 16.7. The number of carbonyl (C=O) groups is 1. The van der Waals surface area contributed by atoms with Gasteiger partial charge in [0.05, 0.1) is 10.6 Å². The first-order valence-electron chi connectivity index (χ1n) is 12.7. The Bertz CT molecular complexity index is 1790. The third-order valence-electron chi connectivity index (χ3n) is 7.52. The molecule has 0 radical (unpaired) electrons. The first kappa shape index (κ1) is 23.3. The summed E-state index contributed by atoms with van der Waals surface area (Å²) in [5.41, 5.74) is 0.573. The predicted molar refractivity (Wildman–Crippen MR) is 139 cm³/mol. The summed E-state index contributed by atoms with van der Waals surface area (Å²) in [7, 11) is 0. The summed E-state index contributed by atoms with van der Waals surface area (Å²) < 4.78 is 13.2. The number of aromatic nitrogens is 1. The molecule has 2 aromatic carbocycles. The van der Waals surface area contributed by atoms with Crippen LogP contribution in [0, 0.1) is 16.5 Å². The summed E-state index contributed by atoms with van der Waals surface area (Å²) in [6.07, 6.45) is 4.28. The quantitative estimate of drug-likeness (QED) is 0.438. The van der Waals surface area contributed by atoms with Crippen LogP contribution in [-0.4, -0.2) is 42.2 Å². The van der Waals surface area contributed by atoms with Crippen LogP contribution in [0.5, 0.6) is 11.5 Å². The summed E-state index contributed by atoms with van der Waals surface area (Å²) in [6.45, 7) is 4.23. The lowest BCUT2D eigenvalue weighted by atomic mass is 9.95. The molecule has 2 N–H and O–H groups in total. The summed E-state index contributed by atoms with van der Waals surface area (Å²) in [4.78, 5) is 36.6. The third-order valence-corrected chi connectivity index (χ3v) is 7.52. The van der Waals surface area contributed by atoms with E-state index in [0.717, 1.165) is 47.3 Å². The second-order valence-corrected chi connectivity index (χ2v) is 9.85. The van der Waals surface area contributed by atoms with E-state index in [-0.39, 0.29) is 12.7 Å².